The van der Waals surface area contributed by atoms with Crippen molar-refractivity contribution in [3.05, 3.63) is 24.0 Å². The zero-order chi connectivity index (χ0) is 13.8. The molecule has 1 fully saturated rings. The van der Waals surface area contributed by atoms with Crippen LogP contribution >= 0.6 is 8.15 Å². The van der Waals surface area contributed by atoms with Gasteiger partial charge in [-0.05, 0) is 32.4 Å². The third-order valence-corrected chi connectivity index (χ3v) is 5.86. The molecule has 0 saturated carbocycles. The molecule has 1 aliphatic heterocycles. The summed E-state index contributed by atoms with van der Waals surface area (Å²) in [5.41, 5.74) is -1.20. The van der Waals surface area contributed by atoms with E-state index in [4.69, 9.17) is 4.52 Å². The molecule has 1 heterocycles. The van der Waals surface area contributed by atoms with Crippen molar-refractivity contribution >= 4 is 8.15 Å². The summed E-state index contributed by atoms with van der Waals surface area (Å²) in [6, 6.07) is 0. The zero-order valence-electron chi connectivity index (χ0n) is 12.3. The molecule has 2 atom stereocenters. The minimum absolute atomic E-state index is 0.283. The topological polar surface area (TPSA) is 9.23 Å². The molecule has 0 aromatic heterocycles. The van der Waals surface area contributed by atoms with E-state index < -0.39 is 5.67 Å². The van der Waals surface area contributed by atoms with Gasteiger partial charge in [-0.1, -0.05) is 39.7 Å². The highest BCUT2D eigenvalue weighted by Gasteiger charge is 2.49. The fourth-order valence-corrected chi connectivity index (χ4v) is 3.19. The summed E-state index contributed by atoms with van der Waals surface area (Å²) < 4.78 is 19.8. The lowest BCUT2D eigenvalue weighted by Crippen LogP contribution is -2.13. The molecule has 3 heteroatoms. The zero-order valence-corrected chi connectivity index (χ0v) is 13.2. The molecule has 0 radical (unpaired) electrons. The molecule has 0 bridgehead atoms. The van der Waals surface area contributed by atoms with E-state index in [1.807, 2.05) is 13.0 Å². The fraction of sp³-hybridized carbons (Fsp3) is 0.733. The van der Waals surface area contributed by atoms with Gasteiger partial charge in [0, 0.05) is 11.3 Å². The maximum absolute atomic E-state index is 14.0. The van der Waals surface area contributed by atoms with Gasteiger partial charge >= 0.3 is 0 Å². The summed E-state index contributed by atoms with van der Waals surface area (Å²) in [5.74, 6) is 0.897. The van der Waals surface area contributed by atoms with Crippen molar-refractivity contribution in [2.45, 2.75) is 64.7 Å². The summed E-state index contributed by atoms with van der Waals surface area (Å²) in [4.78, 5) is 0. The van der Waals surface area contributed by atoms with Crippen LogP contribution in [0.3, 0.4) is 0 Å². The smallest absolute Gasteiger partial charge is 0.126 e. The SMILES string of the molecule is CCCCC(C)(F)/C=C/C=C(\C)OP1CC1(C)C. The second-order valence-corrected chi connectivity index (χ2v) is 8.42. The molecule has 104 valence electrons. The normalized spacial score (nSPS) is 26.1. The largest absolute Gasteiger partial charge is 0.478 e. The summed E-state index contributed by atoms with van der Waals surface area (Å²) in [5, 5.41) is 0.379. The van der Waals surface area contributed by atoms with Crippen molar-refractivity contribution in [2.75, 3.05) is 6.16 Å². The highest BCUT2D eigenvalue weighted by molar-refractivity contribution is 7.62. The lowest BCUT2D eigenvalue weighted by molar-refractivity contribution is 0.235. The van der Waals surface area contributed by atoms with Crippen molar-refractivity contribution in [2.24, 2.45) is 0 Å². The Bertz CT molecular complexity index is 331. The van der Waals surface area contributed by atoms with Gasteiger partial charge in [0.05, 0.1) is 13.9 Å². The van der Waals surface area contributed by atoms with Gasteiger partial charge in [0.2, 0.25) is 0 Å². The predicted molar refractivity (Wildman–Crippen MR) is 78.9 cm³/mol. The quantitative estimate of drug-likeness (QED) is 0.334. The first kappa shape index (κ1) is 15.7. The van der Waals surface area contributed by atoms with E-state index in [0.717, 1.165) is 18.6 Å². The Morgan fingerprint density at radius 3 is 2.61 bits per heavy atom. The van der Waals surface area contributed by atoms with Crippen molar-refractivity contribution in [1.82, 2.24) is 0 Å². The van der Waals surface area contributed by atoms with Gasteiger partial charge in [-0.15, -0.1) is 0 Å². The third kappa shape index (κ3) is 5.52. The van der Waals surface area contributed by atoms with Crippen molar-refractivity contribution in [1.29, 1.82) is 0 Å². The van der Waals surface area contributed by atoms with Crippen LogP contribution in [0.2, 0.25) is 0 Å². The number of unbranched alkanes of at least 4 members (excludes halogenated alkanes) is 1. The van der Waals surface area contributed by atoms with E-state index in [0.29, 0.717) is 11.6 Å². The van der Waals surface area contributed by atoms with Crippen LogP contribution in [0.25, 0.3) is 0 Å². The fourth-order valence-electron chi connectivity index (χ4n) is 1.67. The Morgan fingerprint density at radius 2 is 2.11 bits per heavy atom. The molecule has 1 aliphatic rings. The maximum atomic E-state index is 14.0. The number of hydrogen-bond donors (Lipinski definition) is 0. The molecule has 0 amide bonds. The van der Waals surface area contributed by atoms with Crippen LogP contribution in [0.15, 0.2) is 24.0 Å². The van der Waals surface area contributed by atoms with Gasteiger partial charge in [-0.2, -0.15) is 0 Å². The predicted octanol–water partition coefficient (Wildman–Crippen LogP) is 5.57. The second-order valence-electron chi connectivity index (χ2n) is 5.96. The van der Waals surface area contributed by atoms with Crippen LogP contribution in [0.1, 0.15) is 53.9 Å². The van der Waals surface area contributed by atoms with Crippen molar-refractivity contribution < 1.29 is 8.91 Å². The van der Waals surface area contributed by atoms with Crippen LogP contribution in [-0.2, 0) is 4.52 Å². The molecule has 0 aromatic rings. The van der Waals surface area contributed by atoms with E-state index in [-0.39, 0.29) is 8.15 Å². The van der Waals surface area contributed by atoms with Gasteiger partial charge < -0.3 is 4.52 Å². The van der Waals surface area contributed by atoms with E-state index in [1.54, 1.807) is 19.1 Å². The summed E-state index contributed by atoms with van der Waals surface area (Å²) in [6.07, 6.45) is 9.03. The minimum atomic E-state index is -1.20. The molecule has 0 N–H and O–H groups in total. The molecule has 2 unspecified atom stereocenters. The molecule has 1 saturated heterocycles. The first-order chi connectivity index (χ1) is 8.27. The second kappa shape index (κ2) is 6.19. The Morgan fingerprint density at radius 1 is 1.50 bits per heavy atom. The summed E-state index contributed by atoms with van der Waals surface area (Å²) >= 11 is 0. The van der Waals surface area contributed by atoms with E-state index >= 15 is 0 Å². The molecular weight excluding hydrogens is 246 g/mol. The Hall–Kier alpha value is -0.360. The van der Waals surface area contributed by atoms with Gasteiger partial charge in [0.15, 0.2) is 0 Å². The van der Waals surface area contributed by atoms with Gasteiger partial charge in [-0.3, -0.25) is 0 Å². The minimum Gasteiger partial charge on any atom is -0.478 e. The van der Waals surface area contributed by atoms with E-state index in [2.05, 4.69) is 20.8 Å². The van der Waals surface area contributed by atoms with Crippen molar-refractivity contribution in [3.8, 4) is 0 Å². The molecular formula is C15H26FOP. The Labute approximate surface area is 112 Å². The highest BCUT2D eigenvalue weighted by atomic mass is 31.2. The molecule has 18 heavy (non-hydrogen) atoms. The van der Waals surface area contributed by atoms with Crippen LogP contribution in [-0.4, -0.2) is 17.0 Å². The number of rotatable bonds is 7. The van der Waals surface area contributed by atoms with Crippen LogP contribution in [0, 0.1) is 0 Å². The van der Waals surface area contributed by atoms with Crippen LogP contribution in [0.4, 0.5) is 4.39 Å². The van der Waals surface area contributed by atoms with Gasteiger partial charge in [0.25, 0.3) is 0 Å². The average Bonchev–Trinajstić information content (AvgIpc) is 2.82. The molecule has 0 spiro atoms. The monoisotopic (exact) mass is 272 g/mol. The van der Waals surface area contributed by atoms with E-state index in [9.17, 15) is 4.39 Å². The number of halogens is 1. The van der Waals surface area contributed by atoms with Gasteiger partial charge in [-0.25, -0.2) is 4.39 Å². The Balaban J connectivity index is 2.37. The maximum Gasteiger partial charge on any atom is 0.126 e. The first-order valence-electron chi connectivity index (χ1n) is 6.77. The molecule has 0 aromatic carbocycles. The van der Waals surface area contributed by atoms with Crippen LogP contribution in [0.5, 0.6) is 0 Å². The number of allylic oxidation sites excluding steroid dienone is 4. The lowest BCUT2D eigenvalue weighted by atomic mass is 10.0. The third-order valence-electron chi connectivity index (χ3n) is 3.15. The Kier molecular flexibility index (Phi) is 5.40. The summed E-state index contributed by atoms with van der Waals surface area (Å²) in [7, 11) is -0.283. The standard InChI is InChI=1S/C15H26FOP/c1-6-7-10-15(5,16)11-8-9-13(2)17-18-12-14(18,3)4/h8-9,11H,6-7,10,12H2,1-5H3/b11-8+,13-9+. The number of alkyl halides is 1. The van der Waals surface area contributed by atoms with Gasteiger partial charge in [0.1, 0.15) is 5.67 Å². The lowest BCUT2D eigenvalue weighted by Gasteiger charge is -2.14. The summed E-state index contributed by atoms with van der Waals surface area (Å²) in [6.45, 7) is 10.1. The molecule has 0 aliphatic carbocycles. The molecule has 1 rings (SSSR count). The average molecular weight is 272 g/mol. The first-order valence-corrected chi connectivity index (χ1v) is 8.22. The molecule has 1 nitrogen and oxygen atoms in total. The number of hydrogen-bond acceptors (Lipinski definition) is 1. The van der Waals surface area contributed by atoms with Crippen LogP contribution < -0.4 is 0 Å². The van der Waals surface area contributed by atoms with E-state index in [1.165, 1.54) is 6.16 Å². The highest BCUT2D eigenvalue weighted by Crippen LogP contribution is 2.69. The van der Waals surface area contributed by atoms with Crippen molar-refractivity contribution in [3.63, 3.8) is 0 Å².